The number of fused-ring (bicyclic) bond motifs is 2. The van der Waals surface area contributed by atoms with Crippen molar-refractivity contribution in [2.45, 2.75) is 32.6 Å². The summed E-state index contributed by atoms with van der Waals surface area (Å²) in [7, 11) is 3.18. The summed E-state index contributed by atoms with van der Waals surface area (Å²) in [6, 6.07) is 11.2. The van der Waals surface area contributed by atoms with E-state index < -0.39 is 5.97 Å². The van der Waals surface area contributed by atoms with Crippen molar-refractivity contribution in [2.75, 3.05) is 20.8 Å². The van der Waals surface area contributed by atoms with E-state index in [1.807, 2.05) is 30.3 Å². The molecule has 0 amide bonds. The van der Waals surface area contributed by atoms with E-state index in [0.29, 0.717) is 22.1 Å². The third-order valence-electron chi connectivity index (χ3n) is 5.56. The van der Waals surface area contributed by atoms with Crippen molar-refractivity contribution in [1.29, 1.82) is 0 Å². The van der Waals surface area contributed by atoms with Crippen molar-refractivity contribution in [3.8, 4) is 11.5 Å². The van der Waals surface area contributed by atoms with Crippen molar-refractivity contribution in [1.82, 2.24) is 0 Å². The molecule has 220 valence electrons. The zero-order chi connectivity index (χ0) is 29.4. The van der Waals surface area contributed by atoms with Crippen molar-refractivity contribution in [3.05, 3.63) is 55.1 Å². The second-order valence-corrected chi connectivity index (χ2v) is 12.2. The molecule has 2 N–H and O–H groups in total. The Morgan fingerprint density at radius 3 is 1.55 bits per heavy atom. The molecule has 0 bridgehead atoms. The van der Waals surface area contributed by atoms with Crippen LogP contribution in [0.4, 0.5) is 0 Å². The van der Waals surface area contributed by atoms with Gasteiger partial charge in [0.15, 0.2) is 11.6 Å². The van der Waals surface area contributed by atoms with E-state index in [1.54, 1.807) is 27.2 Å². The van der Waals surface area contributed by atoms with E-state index >= 15 is 0 Å². The van der Waals surface area contributed by atoms with Crippen LogP contribution in [0.5, 0.6) is 11.5 Å². The summed E-state index contributed by atoms with van der Waals surface area (Å²) < 4.78 is 18.9. The number of carboxylic acids is 1. The van der Waals surface area contributed by atoms with Gasteiger partial charge >= 0.3 is 30.8 Å². The summed E-state index contributed by atoms with van der Waals surface area (Å²) in [6.45, 7) is 2.08. The van der Waals surface area contributed by atoms with Crippen LogP contribution in [0.15, 0.2) is 45.3 Å². The van der Waals surface area contributed by atoms with Gasteiger partial charge in [0.2, 0.25) is 0 Å². The van der Waals surface area contributed by atoms with Gasteiger partial charge in [-0.15, -0.1) is 22.7 Å². The Balaban J connectivity index is 0.000000403. The van der Waals surface area contributed by atoms with Gasteiger partial charge < -0.3 is 24.8 Å². The molecule has 0 saturated heterocycles. The molecule has 2 aromatic heterocycles. The number of carbonyl (C=O) groups is 4. The topological polar surface area (TPSA) is 146 Å². The minimum Gasteiger partial charge on any atom is -0.870 e. The first kappa shape index (κ1) is 37.8. The number of rotatable bonds is 11. The maximum absolute atomic E-state index is 12.1. The Morgan fingerprint density at radius 1 is 0.738 bits per heavy atom. The van der Waals surface area contributed by atoms with Gasteiger partial charge in [-0.3, -0.25) is 19.2 Å². The summed E-state index contributed by atoms with van der Waals surface area (Å²) >= 11 is 9.60. The van der Waals surface area contributed by atoms with Gasteiger partial charge in [0, 0.05) is 22.2 Å². The van der Waals surface area contributed by atoms with Gasteiger partial charge in [-0.1, -0.05) is 0 Å². The normalized spacial score (nSPS) is 10.1. The van der Waals surface area contributed by atoms with Crippen LogP contribution in [-0.2, 0) is 14.3 Å². The molecule has 2 aromatic carbocycles. The molecule has 0 radical (unpaired) electrons. The minimum absolute atomic E-state index is 0. The van der Waals surface area contributed by atoms with E-state index in [2.05, 4.69) is 31.9 Å². The number of methoxy groups -OCH3 is 2. The average molecular weight is 738 g/mol. The van der Waals surface area contributed by atoms with Crippen molar-refractivity contribution >= 4 is 98.2 Å². The fourth-order valence-corrected chi connectivity index (χ4v) is 7.00. The Bertz CT molecular complexity index is 1570. The van der Waals surface area contributed by atoms with Crippen LogP contribution in [0.1, 0.15) is 52.0 Å². The van der Waals surface area contributed by atoms with Crippen LogP contribution in [0, 0.1) is 0 Å². The number of thiophene rings is 2. The first-order valence-electron chi connectivity index (χ1n) is 12.0. The third-order valence-corrected chi connectivity index (χ3v) is 9.08. The SMILES string of the molecule is CCOC(=O)CCC(=O)c1cc2cc(OC)c(Br)cc2s1.COc1cc2cc(C(=O)CCC(=O)O)sc2cc1Br.[Li+].[OH-]. The standard InChI is InChI=1S/C15H15BrO4S.C13H11BrO4S.Li.H2O/c1-3-20-15(18)5-4-11(17)14-7-9-6-12(19-2)10(16)8-13(9)21-14;1-18-10-4-7-5-12(9(15)2-3-13(16)17)19-11(7)6-8(10)14;;/h6-8H,3-5H2,1-2H3;4-6H,2-3H2,1H3,(H,16,17);;1H2/q;;+1;/p-1. The van der Waals surface area contributed by atoms with E-state index in [1.165, 1.54) is 22.7 Å². The molecule has 4 rings (SSSR count). The largest absolute Gasteiger partial charge is 1.00 e. The van der Waals surface area contributed by atoms with E-state index in [-0.39, 0.29) is 67.6 Å². The van der Waals surface area contributed by atoms with Gasteiger partial charge in [0.1, 0.15) is 11.5 Å². The Hall–Kier alpha value is -2.24. The first-order valence-corrected chi connectivity index (χ1v) is 15.3. The predicted octanol–water partition coefficient (Wildman–Crippen LogP) is 4.75. The van der Waals surface area contributed by atoms with Crippen molar-refractivity contribution in [3.63, 3.8) is 0 Å². The molecule has 0 atom stereocenters. The minimum atomic E-state index is -0.959. The van der Waals surface area contributed by atoms with Crippen LogP contribution in [0.2, 0.25) is 0 Å². The number of aliphatic carboxylic acids is 1. The molecule has 0 aliphatic heterocycles. The number of halogens is 2. The van der Waals surface area contributed by atoms with Crippen LogP contribution in [-0.4, -0.2) is 54.9 Å². The van der Waals surface area contributed by atoms with Gasteiger partial charge in [-0.05, 0) is 86.0 Å². The van der Waals surface area contributed by atoms with Crippen LogP contribution in [0.3, 0.4) is 0 Å². The first-order chi connectivity index (χ1) is 19.1. The number of Topliss-reactive ketones (excluding diaryl/α,β-unsaturated/α-hetero) is 2. The van der Waals surface area contributed by atoms with Crippen LogP contribution in [0.25, 0.3) is 20.2 Å². The number of benzene rings is 2. The summed E-state index contributed by atoms with van der Waals surface area (Å²) in [5.41, 5.74) is 0. The van der Waals surface area contributed by atoms with E-state index in [4.69, 9.17) is 19.3 Å². The number of esters is 1. The molecule has 0 saturated carbocycles. The molecule has 14 heteroatoms. The molecule has 4 aromatic rings. The van der Waals surface area contributed by atoms with Crippen LogP contribution < -0.4 is 28.3 Å². The molecule has 42 heavy (non-hydrogen) atoms. The third kappa shape index (κ3) is 10.2. The van der Waals surface area contributed by atoms with Gasteiger partial charge in [0.05, 0.1) is 52.4 Å². The smallest absolute Gasteiger partial charge is 0.870 e. The zero-order valence-corrected chi connectivity index (χ0v) is 28.1. The van der Waals surface area contributed by atoms with Crippen LogP contribution >= 0.6 is 54.5 Å². The Kier molecular flexibility index (Phi) is 16.0. The van der Waals surface area contributed by atoms with Gasteiger partial charge in [0.25, 0.3) is 0 Å². The number of ether oxygens (including phenoxy) is 3. The quantitative estimate of drug-likeness (QED) is 0.131. The number of carbonyl (C=O) groups excluding carboxylic acids is 3. The molecule has 9 nitrogen and oxygen atoms in total. The molecule has 0 aliphatic rings. The fourth-order valence-electron chi connectivity index (χ4n) is 3.59. The number of carboxylic acid groups (broad SMARTS) is 1. The van der Waals surface area contributed by atoms with E-state index in [9.17, 15) is 19.2 Å². The summed E-state index contributed by atoms with van der Waals surface area (Å²) in [6.07, 6.45) is 0.179. The summed E-state index contributed by atoms with van der Waals surface area (Å²) in [4.78, 5) is 47.0. The number of hydrogen-bond donors (Lipinski definition) is 1. The van der Waals surface area contributed by atoms with Gasteiger partial charge in [-0.25, -0.2) is 0 Å². The summed E-state index contributed by atoms with van der Waals surface area (Å²) in [5.74, 6) is -0.0473. The molecule has 0 fully saturated rings. The van der Waals surface area contributed by atoms with Crippen molar-refractivity contribution in [2.24, 2.45) is 0 Å². The molecule has 0 spiro atoms. The summed E-state index contributed by atoms with van der Waals surface area (Å²) in [5, 5.41) is 10.5. The Labute approximate surface area is 279 Å². The predicted molar refractivity (Wildman–Crippen MR) is 165 cm³/mol. The fraction of sp³-hybridized carbons (Fsp3) is 0.286. The molecule has 0 unspecified atom stereocenters. The molecular weight excluding hydrogens is 711 g/mol. The second-order valence-electron chi connectivity index (χ2n) is 8.32. The van der Waals surface area contributed by atoms with E-state index in [0.717, 1.165) is 34.9 Å². The number of hydrogen-bond acceptors (Lipinski definition) is 10. The second kappa shape index (κ2) is 17.8. The maximum atomic E-state index is 12.1. The average Bonchev–Trinajstić information content (AvgIpc) is 3.53. The van der Waals surface area contributed by atoms with Crippen molar-refractivity contribution < 1.29 is 62.8 Å². The number of ketones is 2. The monoisotopic (exact) mass is 736 g/mol. The van der Waals surface area contributed by atoms with Gasteiger partial charge in [-0.2, -0.15) is 0 Å². The Morgan fingerprint density at radius 2 is 1.17 bits per heavy atom. The zero-order valence-electron chi connectivity index (χ0n) is 23.3. The molecule has 2 heterocycles. The molecule has 0 aliphatic carbocycles. The maximum Gasteiger partial charge on any atom is 1.00 e. The molecular formula is C28H27Br2LiO9S2.